The molecule has 13 heteroatoms. The van der Waals surface area contributed by atoms with Gasteiger partial charge in [-0.1, -0.05) is 11.6 Å². The summed E-state index contributed by atoms with van der Waals surface area (Å²) in [5.41, 5.74) is 5.02. The molecule has 0 saturated heterocycles. The van der Waals surface area contributed by atoms with E-state index in [1.54, 1.807) is 7.05 Å². The zero-order chi connectivity index (χ0) is 22.9. The normalized spacial score (nSPS) is 18.1. The number of rotatable bonds is 7. The summed E-state index contributed by atoms with van der Waals surface area (Å²) in [5, 5.41) is 4.16. The summed E-state index contributed by atoms with van der Waals surface area (Å²) in [6, 6.07) is -0.0820. The number of aliphatic imine (C=N–C) groups is 2. The molecule has 0 fully saturated rings. The minimum absolute atomic E-state index is 0.0476. The average Bonchev–Trinajstić information content (AvgIpc) is 3.09. The maximum absolute atomic E-state index is 14.8. The number of benzene rings is 1. The van der Waals surface area contributed by atoms with E-state index in [9.17, 15) is 22.0 Å². The van der Waals surface area contributed by atoms with Crippen LogP contribution in [-0.2, 0) is 0 Å². The minimum Gasteiger partial charge on any atom is -0.493 e. The van der Waals surface area contributed by atoms with Gasteiger partial charge in [0.2, 0.25) is 5.96 Å². The molecule has 0 aliphatic carbocycles. The molecule has 1 atom stereocenters. The number of alkyl halides is 3. The monoisotopic (exact) mass is 466 g/mol. The highest BCUT2D eigenvalue weighted by Crippen LogP contribution is 2.36. The first-order chi connectivity index (χ1) is 14.6. The summed E-state index contributed by atoms with van der Waals surface area (Å²) in [7, 11) is 1.76. The summed E-state index contributed by atoms with van der Waals surface area (Å²) >= 11 is 6.09. The van der Waals surface area contributed by atoms with Crippen LogP contribution in [0.4, 0.5) is 22.0 Å². The molecule has 1 unspecified atom stereocenters. The molecule has 3 N–H and O–H groups in total. The van der Waals surface area contributed by atoms with E-state index in [2.05, 4.69) is 15.3 Å². The number of allylic oxidation sites excluding steroid dienone is 1. The third kappa shape index (κ3) is 4.60. The van der Waals surface area contributed by atoms with E-state index in [1.807, 2.05) is 0 Å². The van der Waals surface area contributed by atoms with Crippen molar-refractivity contribution in [2.24, 2.45) is 15.7 Å². The molecule has 0 spiro atoms. The highest BCUT2D eigenvalue weighted by molar-refractivity contribution is 6.77. The SMILES string of the molecule is CNCCCOc1cc(F)c(C2=C(N)N3C(=NCN3C(C)C(F)(F)F)N=C2Cl)c(F)c1. The molecular formula is C18H20ClF5N6O. The van der Waals surface area contributed by atoms with Crippen LogP contribution in [0.15, 0.2) is 27.9 Å². The van der Waals surface area contributed by atoms with Crippen molar-refractivity contribution in [1.82, 2.24) is 15.3 Å². The van der Waals surface area contributed by atoms with E-state index in [1.165, 1.54) is 0 Å². The van der Waals surface area contributed by atoms with Gasteiger partial charge in [0.25, 0.3) is 0 Å². The van der Waals surface area contributed by atoms with Crippen LogP contribution in [-0.4, -0.2) is 60.2 Å². The summed E-state index contributed by atoms with van der Waals surface area (Å²) in [4.78, 5) is 7.76. The predicted octanol–water partition coefficient (Wildman–Crippen LogP) is 3.03. The third-order valence-corrected chi connectivity index (χ3v) is 4.99. The quantitative estimate of drug-likeness (QED) is 0.477. The van der Waals surface area contributed by atoms with Crippen LogP contribution in [0.2, 0.25) is 0 Å². The highest BCUT2D eigenvalue weighted by Gasteiger charge is 2.47. The molecule has 31 heavy (non-hydrogen) atoms. The largest absolute Gasteiger partial charge is 0.493 e. The first kappa shape index (κ1) is 23.2. The zero-order valence-corrected chi connectivity index (χ0v) is 17.4. The van der Waals surface area contributed by atoms with Gasteiger partial charge in [0, 0.05) is 12.1 Å². The number of fused-ring (bicyclic) bond motifs is 1. The highest BCUT2D eigenvalue weighted by atomic mass is 35.5. The minimum atomic E-state index is -4.60. The lowest BCUT2D eigenvalue weighted by atomic mass is 10.0. The molecule has 0 radical (unpaired) electrons. The maximum Gasteiger partial charge on any atom is 0.405 e. The molecule has 0 saturated carbocycles. The van der Waals surface area contributed by atoms with E-state index >= 15 is 0 Å². The van der Waals surface area contributed by atoms with Crippen LogP contribution in [0.1, 0.15) is 18.9 Å². The van der Waals surface area contributed by atoms with Crippen LogP contribution in [0.5, 0.6) is 5.75 Å². The Hall–Kier alpha value is -2.44. The lowest BCUT2D eigenvalue weighted by Gasteiger charge is -2.36. The second-order valence-electron chi connectivity index (χ2n) is 6.80. The number of hydrazine groups is 1. The summed E-state index contributed by atoms with van der Waals surface area (Å²) in [6.07, 6.45) is -3.98. The summed E-state index contributed by atoms with van der Waals surface area (Å²) in [5.74, 6) is -2.77. The number of nitrogens with two attached hydrogens (primary N) is 1. The van der Waals surface area contributed by atoms with Gasteiger partial charge in [0.15, 0.2) is 0 Å². The lowest BCUT2D eigenvalue weighted by Crippen LogP contribution is -2.53. The van der Waals surface area contributed by atoms with Crippen LogP contribution < -0.4 is 15.8 Å². The molecule has 0 aromatic heterocycles. The van der Waals surface area contributed by atoms with Crippen LogP contribution in [0.3, 0.4) is 0 Å². The van der Waals surface area contributed by atoms with Crippen molar-refractivity contribution in [3.8, 4) is 5.75 Å². The predicted molar refractivity (Wildman–Crippen MR) is 106 cm³/mol. The van der Waals surface area contributed by atoms with Gasteiger partial charge < -0.3 is 15.8 Å². The topological polar surface area (TPSA) is 78.5 Å². The molecule has 3 rings (SSSR count). The Balaban J connectivity index is 1.97. The molecular weight excluding hydrogens is 447 g/mol. The number of halogens is 6. The molecule has 0 amide bonds. The van der Waals surface area contributed by atoms with Gasteiger partial charge in [0.05, 0.1) is 17.7 Å². The van der Waals surface area contributed by atoms with E-state index in [0.717, 1.165) is 29.1 Å². The van der Waals surface area contributed by atoms with Crippen molar-refractivity contribution in [3.63, 3.8) is 0 Å². The number of guanidine groups is 1. The number of hydrogen-bond acceptors (Lipinski definition) is 7. The molecule has 0 bridgehead atoms. The van der Waals surface area contributed by atoms with E-state index in [4.69, 9.17) is 22.1 Å². The second kappa shape index (κ2) is 8.97. The van der Waals surface area contributed by atoms with E-state index < -0.39 is 47.1 Å². The number of ether oxygens (including phenoxy) is 1. The summed E-state index contributed by atoms with van der Waals surface area (Å²) < 4.78 is 74.7. The molecule has 170 valence electrons. The number of hydrogen-bond donors (Lipinski definition) is 2. The van der Waals surface area contributed by atoms with Gasteiger partial charge in [-0.25, -0.2) is 18.8 Å². The number of nitrogens with one attached hydrogen (secondary N) is 1. The molecule has 1 aromatic carbocycles. The standard InChI is InChI=1S/C18H20ClF5N6O/c1-9(18(22,23)24)29-8-27-17-28-15(19)14(16(25)30(17)29)13-11(20)6-10(7-12(13)21)31-5-3-4-26-2/h6-7,9,26H,3-5,8,25H2,1-2H3. The Morgan fingerprint density at radius 1 is 1.29 bits per heavy atom. The smallest absolute Gasteiger partial charge is 0.405 e. The van der Waals surface area contributed by atoms with Crippen molar-refractivity contribution < 1.29 is 26.7 Å². The van der Waals surface area contributed by atoms with Crippen LogP contribution in [0.25, 0.3) is 5.57 Å². The Bertz CT molecular complexity index is 925. The average molecular weight is 467 g/mol. The Labute approximate surface area is 180 Å². The van der Waals surface area contributed by atoms with E-state index in [-0.39, 0.29) is 23.9 Å². The number of nitrogens with zero attached hydrogens (tertiary/aromatic N) is 4. The van der Waals surface area contributed by atoms with Gasteiger partial charge in [-0.05, 0) is 26.9 Å². The van der Waals surface area contributed by atoms with Crippen LogP contribution >= 0.6 is 11.6 Å². The van der Waals surface area contributed by atoms with Gasteiger partial charge in [-0.15, -0.1) is 0 Å². The Morgan fingerprint density at radius 2 is 1.94 bits per heavy atom. The van der Waals surface area contributed by atoms with Crippen molar-refractivity contribution in [3.05, 3.63) is 35.2 Å². The van der Waals surface area contributed by atoms with Gasteiger partial charge in [0.1, 0.15) is 41.1 Å². The van der Waals surface area contributed by atoms with Crippen molar-refractivity contribution in [1.29, 1.82) is 0 Å². The van der Waals surface area contributed by atoms with E-state index in [0.29, 0.717) is 13.0 Å². The van der Waals surface area contributed by atoms with Crippen molar-refractivity contribution >= 4 is 28.3 Å². The molecule has 2 aliphatic rings. The molecule has 2 heterocycles. The van der Waals surface area contributed by atoms with Crippen molar-refractivity contribution in [2.75, 3.05) is 26.9 Å². The fourth-order valence-corrected chi connectivity index (χ4v) is 3.34. The molecule has 2 aliphatic heterocycles. The first-order valence-corrected chi connectivity index (χ1v) is 9.63. The van der Waals surface area contributed by atoms with Crippen LogP contribution in [0, 0.1) is 11.6 Å². The fraction of sp³-hybridized carbons (Fsp3) is 0.444. The van der Waals surface area contributed by atoms with Gasteiger partial charge in [-0.2, -0.15) is 23.2 Å². The Kier molecular flexibility index (Phi) is 6.72. The summed E-state index contributed by atoms with van der Waals surface area (Å²) in [6.45, 7) is 1.39. The van der Waals surface area contributed by atoms with Gasteiger partial charge in [-0.3, -0.25) is 0 Å². The second-order valence-corrected chi connectivity index (χ2v) is 7.16. The Morgan fingerprint density at radius 3 is 2.52 bits per heavy atom. The van der Waals surface area contributed by atoms with Gasteiger partial charge >= 0.3 is 6.18 Å². The first-order valence-electron chi connectivity index (χ1n) is 9.25. The fourth-order valence-electron chi connectivity index (χ4n) is 3.07. The molecule has 1 aromatic rings. The maximum atomic E-state index is 14.8. The third-order valence-electron chi connectivity index (χ3n) is 4.72. The molecule has 7 nitrogen and oxygen atoms in total. The van der Waals surface area contributed by atoms with Crippen molar-refractivity contribution in [2.45, 2.75) is 25.6 Å². The zero-order valence-electron chi connectivity index (χ0n) is 16.6. The lowest BCUT2D eigenvalue weighted by molar-refractivity contribution is -0.198.